The van der Waals surface area contributed by atoms with Gasteiger partial charge in [0.2, 0.25) is 0 Å². The van der Waals surface area contributed by atoms with Crippen molar-refractivity contribution in [2.24, 2.45) is 5.92 Å². The molecule has 0 saturated heterocycles. The third-order valence-corrected chi connectivity index (χ3v) is 3.74. The summed E-state index contributed by atoms with van der Waals surface area (Å²) in [5.74, 6) is -1.30. The van der Waals surface area contributed by atoms with Crippen LogP contribution in [-0.2, 0) is 20.7 Å². The molecule has 1 aliphatic carbocycles. The van der Waals surface area contributed by atoms with Gasteiger partial charge in [0.1, 0.15) is 5.78 Å². The third-order valence-electron chi connectivity index (χ3n) is 3.74. The molecule has 1 N–H and O–H groups in total. The van der Waals surface area contributed by atoms with Crippen LogP contribution >= 0.6 is 0 Å². The molecule has 0 spiro atoms. The molecule has 0 aromatic heterocycles. The summed E-state index contributed by atoms with van der Waals surface area (Å²) >= 11 is 0. The van der Waals surface area contributed by atoms with Crippen molar-refractivity contribution >= 4 is 17.4 Å². The maximum Gasteiger partial charge on any atom is 0.338 e. The molecule has 0 aliphatic heterocycles. The van der Waals surface area contributed by atoms with Gasteiger partial charge in [0, 0.05) is 30.4 Å². The van der Waals surface area contributed by atoms with Crippen molar-refractivity contribution in [1.29, 1.82) is 0 Å². The van der Waals surface area contributed by atoms with Crippen molar-refractivity contribution in [1.82, 2.24) is 0 Å². The minimum absolute atomic E-state index is 0.123. The van der Waals surface area contributed by atoms with Crippen LogP contribution in [0.5, 0.6) is 0 Å². The maximum atomic E-state index is 11.9. The van der Waals surface area contributed by atoms with E-state index in [4.69, 9.17) is 0 Å². The highest BCUT2D eigenvalue weighted by molar-refractivity contribution is 5.91. The van der Waals surface area contributed by atoms with Crippen molar-refractivity contribution in [2.75, 3.05) is 7.11 Å². The molecular formula is C15H17NO6. The molecule has 1 atom stereocenters. The Kier molecular flexibility index (Phi) is 4.56. The SMILES string of the molecule is COC(=O)[C@](O)(CC(=O)C1CC1)Cc1ccccc1[N+](=O)[O-]. The Morgan fingerprint density at radius 3 is 2.59 bits per heavy atom. The molecule has 2 rings (SSSR count). The number of ketones is 1. The second-order valence-corrected chi connectivity index (χ2v) is 5.50. The van der Waals surface area contributed by atoms with Gasteiger partial charge in [-0.3, -0.25) is 14.9 Å². The first-order valence-corrected chi connectivity index (χ1v) is 6.93. The normalized spacial score (nSPS) is 16.6. The average molecular weight is 307 g/mol. The number of hydrogen-bond acceptors (Lipinski definition) is 6. The molecule has 0 unspecified atom stereocenters. The Balaban J connectivity index is 2.28. The van der Waals surface area contributed by atoms with Crippen LogP contribution in [0.25, 0.3) is 0 Å². The summed E-state index contributed by atoms with van der Waals surface area (Å²) in [7, 11) is 1.11. The number of benzene rings is 1. The van der Waals surface area contributed by atoms with Gasteiger partial charge in [0.15, 0.2) is 5.60 Å². The topological polar surface area (TPSA) is 107 Å². The van der Waals surface area contributed by atoms with E-state index in [2.05, 4.69) is 4.74 Å². The van der Waals surface area contributed by atoms with Gasteiger partial charge in [0.25, 0.3) is 5.69 Å². The van der Waals surface area contributed by atoms with E-state index in [0.717, 1.165) is 20.0 Å². The first-order valence-electron chi connectivity index (χ1n) is 6.93. The Morgan fingerprint density at radius 1 is 1.41 bits per heavy atom. The molecule has 22 heavy (non-hydrogen) atoms. The molecule has 7 heteroatoms. The zero-order valence-corrected chi connectivity index (χ0v) is 12.2. The second-order valence-electron chi connectivity index (χ2n) is 5.50. The van der Waals surface area contributed by atoms with E-state index < -0.39 is 22.9 Å². The van der Waals surface area contributed by atoms with E-state index in [1.54, 1.807) is 6.07 Å². The van der Waals surface area contributed by atoms with Crippen LogP contribution in [0.2, 0.25) is 0 Å². The summed E-state index contributed by atoms with van der Waals surface area (Å²) < 4.78 is 4.58. The Labute approximate surface area is 127 Å². The van der Waals surface area contributed by atoms with E-state index in [0.29, 0.717) is 0 Å². The smallest absolute Gasteiger partial charge is 0.338 e. The van der Waals surface area contributed by atoms with Crippen LogP contribution in [-0.4, -0.2) is 34.5 Å². The Morgan fingerprint density at radius 2 is 2.05 bits per heavy atom. The number of aliphatic hydroxyl groups is 1. The first-order chi connectivity index (χ1) is 10.4. The number of hydrogen-bond donors (Lipinski definition) is 1. The van der Waals surface area contributed by atoms with Gasteiger partial charge in [0.05, 0.1) is 12.0 Å². The van der Waals surface area contributed by atoms with Crippen LogP contribution < -0.4 is 0 Å². The highest BCUT2D eigenvalue weighted by Crippen LogP contribution is 2.34. The lowest BCUT2D eigenvalue weighted by molar-refractivity contribution is -0.385. The summed E-state index contributed by atoms with van der Waals surface area (Å²) in [5.41, 5.74) is -2.10. The maximum absolute atomic E-state index is 11.9. The van der Waals surface area contributed by atoms with Crippen LogP contribution in [0.1, 0.15) is 24.8 Å². The number of nitrogens with zero attached hydrogens (tertiary/aromatic N) is 1. The molecule has 1 aromatic carbocycles. The molecular weight excluding hydrogens is 290 g/mol. The van der Waals surface area contributed by atoms with Crippen molar-refractivity contribution < 1.29 is 24.4 Å². The van der Waals surface area contributed by atoms with Crippen molar-refractivity contribution in [3.05, 3.63) is 39.9 Å². The number of ether oxygens (including phenoxy) is 1. The monoisotopic (exact) mass is 307 g/mol. The third kappa shape index (κ3) is 3.48. The lowest BCUT2D eigenvalue weighted by Gasteiger charge is -2.24. The standard InChI is InChI=1S/C15H17NO6/c1-22-14(18)15(19,9-13(17)10-6-7-10)8-11-4-2-3-5-12(11)16(20)21/h2-5,10,19H,6-9H2,1H3/t15-/m1/s1. The molecule has 1 aliphatic rings. The highest BCUT2D eigenvalue weighted by atomic mass is 16.6. The highest BCUT2D eigenvalue weighted by Gasteiger charge is 2.44. The molecule has 0 heterocycles. The molecule has 1 fully saturated rings. The summed E-state index contributed by atoms with van der Waals surface area (Å²) in [6.45, 7) is 0. The predicted octanol–water partition coefficient (Wildman–Crippen LogP) is 1.41. The quantitative estimate of drug-likeness (QED) is 0.463. The van der Waals surface area contributed by atoms with E-state index >= 15 is 0 Å². The van der Waals surface area contributed by atoms with Crippen LogP contribution in [0.15, 0.2) is 24.3 Å². The fourth-order valence-corrected chi connectivity index (χ4v) is 2.39. The van der Waals surface area contributed by atoms with Gasteiger partial charge in [-0.25, -0.2) is 4.79 Å². The van der Waals surface area contributed by atoms with Crippen LogP contribution in [0.4, 0.5) is 5.69 Å². The molecule has 0 amide bonds. The summed E-state index contributed by atoms with van der Waals surface area (Å²) in [5, 5.41) is 21.6. The Bertz CT molecular complexity index is 610. The van der Waals surface area contributed by atoms with E-state index in [1.165, 1.54) is 18.2 Å². The molecule has 0 bridgehead atoms. The number of carbonyl (C=O) groups excluding carboxylic acids is 2. The van der Waals surface area contributed by atoms with E-state index in [1.807, 2.05) is 0 Å². The molecule has 118 valence electrons. The molecule has 1 saturated carbocycles. The Hall–Kier alpha value is -2.28. The first kappa shape index (κ1) is 16.1. The van der Waals surface area contributed by atoms with Gasteiger partial charge in [-0.05, 0) is 12.8 Å². The summed E-state index contributed by atoms with van der Waals surface area (Å²) in [6, 6.07) is 5.81. The fourth-order valence-electron chi connectivity index (χ4n) is 2.39. The van der Waals surface area contributed by atoms with Gasteiger partial charge in [-0.15, -0.1) is 0 Å². The van der Waals surface area contributed by atoms with E-state index in [-0.39, 0.29) is 29.4 Å². The predicted molar refractivity (Wildman–Crippen MR) is 76.1 cm³/mol. The summed E-state index contributed by atoms with van der Waals surface area (Å²) in [6.07, 6.45) is 0.773. The average Bonchev–Trinajstić information content (AvgIpc) is 3.31. The number of methoxy groups -OCH3 is 1. The minimum atomic E-state index is -2.08. The van der Waals surface area contributed by atoms with Crippen LogP contribution in [0.3, 0.4) is 0 Å². The largest absolute Gasteiger partial charge is 0.467 e. The number of nitro groups is 1. The van der Waals surface area contributed by atoms with Gasteiger partial charge >= 0.3 is 5.97 Å². The van der Waals surface area contributed by atoms with Gasteiger partial charge in [-0.2, -0.15) is 0 Å². The number of para-hydroxylation sites is 1. The minimum Gasteiger partial charge on any atom is -0.467 e. The second kappa shape index (κ2) is 6.23. The lowest BCUT2D eigenvalue weighted by Crippen LogP contribution is -2.44. The zero-order chi connectivity index (χ0) is 16.3. The molecule has 0 radical (unpaired) electrons. The number of rotatable bonds is 7. The zero-order valence-electron chi connectivity index (χ0n) is 12.2. The molecule has 7 nitrogen and oxygen atoms in total. The van der Waals surface area contributed by atoms with Gasteiger partial charge in [-0.1, -0.05) is 18.2 Å². The lowest BCUT2D eigenvalue weighted by atomic mass is 9.87. The molecule has 1 aromatic rings. The van der Waals surface area contributed by atoms with Gasteiger partial charge < -0.3 is 9.84 Å². The van der Waals surface area contributed by atoms with Crippen molar-refractivity contribution in [3.8, 4) is 0 Å². The number of esters is 1. The summed E-state index contributed by atoms with van der Waals surface area (Å²) in [4.78, 5) is 34.3. The van der Waals surface area contributed by atoms with Crippen LogP contribution in [0, 0.1) is 16.0 Å². The number of Topliss-reactive ketones (excluding diaryl/α,β-unsaturated/α-hetero) is 1. The fraction of sp³-hybridized carbons (Fsp3) is 0.467. The number of nitro benzene ring substituents is 1. The van der Waals surface area contributed by atoms with E-state index in [9.17, 15) is 24.8 Å². The van der Waals surface area contributed by atoms with Crippen molar-refractivity contribution in [2.45, 2.75) is 31.3 Å². The number of carbonyl (C=O) groups is 2. The van der Waals surface area contributed by atoms with Crippen molar-refractivity contribution in [3.63, 3.8) is 0 Å².